The van der Waals surface area contributed by atoms with Gasteiger partial charge in [0, 0.05) is 23.8 Å². The molecule has 3 aromatic rings. The van der Waals surface area contributed by atoms with Crippen LogP contribution in [0.15, 0.2) is 54.9 Å². The molecule has 3 rings (SSSR count). The fourth-order valence-corrected chi connectivity index (χ4v) is 1.81. The topological polar surface area (TPSA) is 35.0 Å². The van der Waals surface area contributed by atoms with Crippen LogP contribution in [-0.4, -0.2) is 9.97 Å². The van der Waals surface area contributed by atoms with E-state index in [0.717, 1.165) is 10.9 Å². The summed E-state index contributed by atoms with van der Waals surface area (Å²) in [5.74, 6) is 1.18. The first-order valence-corrected chi connectivity index (χ1v) is 5.84. The molecule has 0 unspecified atom stereocenters. The number of benzene rings is 1. The van der Waals surface area contributed by atoms with Crippen molar-refractivity contribution in [3.8, 4) is 11.6 Å². The summed E-state index contributed by atoms with van der Waals surface area (Å²) in [6.07, 6.45) is 3.29. The van der Waals surface area contributed by atoms with Crippen LogP contribution in [0, 0.1) is 0 Å². The molecule has 0 fully saturated rings. The van der Waals surface area contributed by atoms with Crippen molar-refractivity contribution < 1.29 is 4.74 Å². The number of fused-ring (bicyclic) bond motifs is 1. The molecule has 0 N–H and O–H groups in total. The molecule has 2 aromatic heterocycles. The molecular weight excluding hydrogens is 248 g/mol. The van der Waals surface area contributed by atoms with Gasteiger partial charge in [-0.25, -0.2) is 4.98 Å². The van der Waals surface area contributed by atoms with E-state index in [-0.39, 0.29) is 0 Å². The number of hydrogen-bond acceptors (Lipinski definition) is 3. The van der Waals surface area contributed by atoms with Gasteiger partial charge in [0.25, 0.3) is 0 Å². The van der Waals surface area contributed by atoms with Crippen molar-refractivity contribution in [3.63, 3.8) is 0 Å². The Morgan fingerprint density at radius 3 is 2.67 bits per heavy atom. The number of halogens is 1. The normalized spacial score (nSPS) is 10.5. The maximum Gasteiger partial charge on any atom is 0.219 e. The van der Waals surface area contributed by atoms with Gasteiger partial charge in [0.1, 0.15) is 5.52 Å². The smallest absolute Gasteiger partial charge is 0.219 e. The summed E-state index contributed by atoms with van der Waals surface area (Å²) in [5, 5.41) is 1.61. The average molecular weight is 257 g/mol. The van der Waals surface area contributed by atoms with Gasteiger partial charge in [-0.15, -0.1) is 0 Å². The van der Waals surface area contributed by atoms with Gasteiger partial charge in [-0.3, -0.25) is 4.98 Å². The largest absolute Gasteiger partial charge is 0.437 e. The van der Waals surface area contributed by atoms with Crippen molar-refractivity contribution in [2.24, 2.45) is 0 Å². The number of aromatic nitrogens is 2. The average Bonchev–Trinajstić information content (AvgIpc) is 2.42. The van der Waals surface area contributed by atoms with E-state index in [1.54, 1.807) is 24.5 Å². The third-order valence-corrected chi connectivity index (χ3v) is 2.73. The molecule has 0 radical (unpaired) electrons. The summed E-state index contributed by atoms with van der Waals surface area (Å²) in [6.45, 7) is 0. The maximum atomic E-state index is 5.78. The summed E-state index contributed by atoms with van der Waals surface area (Å²) >= 11 is 5.78. The molecular formula is C14H9ClN2O. The van der Waals surface area contributed by atoms with Crippen LogP contribution in [-0.2, 0) is 0 Å². The van der Waals surface area contributed by atoms with Gasteiger partial charge < -0.3 is 4.74 Å². The van der Waals surface area contributed by atoms with Crippen LogP contribution in [0.4, 0.5) is 0 Å². The van der Waals surface area contributed by atoms with Crippen molar-refractivity contribution in [1.29, 1.82) is 0 Å². The number of rotatable bonds is 2. The summed E-state index contributed by atoms with van der Waals surface area (Å²) in [5.41, 5.74) is 0.816. The van der Waals surface area contributed by atoms with Gasteiger partial charge in [0.05, 0.1) is 5.02 Å². The molecule has 0 amide bonds. The van der Waals surface area contributed by atoms with Crippen LogP contribution in [0.5, 0.6) is 11.6 Å². The summed E-state index contributed by atoms with van der Waals surface area (Å²) in [4.78, 5) is 8.41. The highest BCUT2D eigenvalue weighted by Gasteiger charge is 2.04. The first kappa shape index (κ1) is 11.0. The molecule has 0 aliphatic carbocycles. The zero-order chi connectivity index (χ0) is 12.4. The number of ether oxygens (including phenoxy) is 1. The molecule has 0 saturated heterocycles. The lowest BCUT2D eigenvalue weighted by Gasteiger charge is -2.06. The molecule has 2 heterocycles. The molecule has 0 aliphatic heterocycles. The molecule has 0 saturated carbocycles. The minimum atomic E-state index is 0.498. The van der Waals surface area contributed by atoms with Crippen molar-refractivity contribution in [1.82, 2.24) is 9.97 Å². The molecule has 0 atom stereocenters. The number of para-hydroxylation sites is 1. The Hall–Kier alpha value is -2.13. The molecule has 0 spiro atoms. The predicted molar refractivity (Wildman–Crippen MR) is 71.1 cm³/mol. The summed E-state index contributed by atoms with van der Waals surface area (Å²) < 4.78 is 5.71. The van der Waals surface area contributed by atoms with E-state index in [2.05, 4.69) is 9.97 Å². The monoisotopic (exact) mass is 256 g/mol. The molecule has 0 bridgehead atoms. The molecule has 0 aliphatic rings. The van der Waals surface area contributed by atoms with Gasteiger partial charge in [0.15, 0.2) is 5.75 Å². The van der Waals surface area contributed by atoms with Crippen LogP contribution < -0.4 is 4.74 Å². The van der Waals surface area contributed by atoms with Gasteiger partial charge in [-0.2, -0.15) is 0 Å². The second-order valence-electron chi connectivity index (χ2n) is 3.75. The fourth-order valence-electron chi connectivity index (χ4n) is 1.69. The predicted octanol–water partition coefficient (Wildman–Crippen LogP) is 4.08. The van der Waals surface area contributed by atoms with Gasteiger partial charge in [-0.05, 0) is 18.2 Å². The van der Waals surface area contributed by atoms with Crippen molar-refractivity contribution >= 4 is 22.5 Å². The van der Waals surface area contributed by atoms with Crippen LogP contribution in [0.2, 0.25) is 5.02 Å². The lowest BCUT2D eigenvalue weighted by molar-refractivity contribution is 0.467. The van der Waals surface area contributed by atoms with Crippen molar-refractivity contribution in [3.05, 3.63) is 59.9 Å². The number of nitrogens with zero attached hydrogens (tertiary/aromatic N) is 2. The Kier molecular flexibility index (Phi) is 2.82. The third-order valence-electron chi connectivity index (χ3n) is 2.51. The second kappa shape index (κ2) is 4.63. The van der Waals surface area contributed by atoms with E-state index in [0.29, 0.717) is 16.7 Å². The zero-order valence-electron chi connectivity index (χ0n) is 9.38. The Bertz CT molecular complexity index is 677. The van der Waals surface area contributed by atoms with Crippen LogP contribution in [0.1, 0.15) is 0 Å². The summed E-state index contributed by atoms with van der Waals surface area (Å²) in [6, 6.07) is 13.1. The van der Waals surface area contributed by atoms with E-state index in [1.807, 2.05) is 30.3 Å². The number of hydrogen-bond donors (Lipinski definition) is 0. The van der Waals surface area contributed by atoms with Gasteiger partial charge in [0.2, 0.25) is 5.88 Å². The van der Waals surface area contributed by atoms with E-state index < -0.39 is 0 Å². The quantitative estimate of drug-likeness (QED) is 0.693. The molecule has 1 aromatic carbocycles. The Morgan fingerprint density at radius 2 is 1.83 bits per heavy atom. The second-order valence-corrected chi connectivity index (χ2v) is 4.18. The van der Waals surface area contributed by atoms with Crippen molar-refractivity contribution in [2.75, 3.05) is 0 Å². The number of pyridine rings is 2. The van der Waals surface area contributed by atoms with E-state index in [1.165, 1.54) is 0 Å². The van der Waals surface area contributed by atoms with Gasteiger partial charge in [-0.1, -0.05) is 29.8 Å². The highest BCUT2D eigenvalue weighted by atomic mass is 35.5. The minimum absolute atomic E-state index is 0.498. The van der Waals surface area contributed by atoms with Gasteiger partial charge >= 0.3 is 0 Å². The minimum Gasteiger partial charge on any atom is -0.437 e. The highest BCUT2D eigenvalue weighted by Crippen LogP contribution is 2.27. The maximum absolute atomic E-state index is 5.78. The van der Waals surface area contributed by atoms with Crippen LogP contribution in [0.3, 0.4) is 0 Å². The lowest BCUT2D eigenvalue weighted by atomic mass is 10.2. The van der Waals surface area contributed by atoms with E-state index >= 15 is 0 Å². The van der Waals surface area contributed by atoms with Crippen molar-refractivity contribution in [2.45, 2.75) is 0 Å². The lowest BCUT2D eigenvalue weighted by Crippen LogP contribution is -1.89. The molecule has 4 heteroatoms. The van der Waals surface area contributed by atoms with E-state index in [4.69, 9.17) is 16.3 Å². The standard InChI is InChI=1S/C14H9ClN2O/c15-11-6-7-13(17-9-11)18-12-5-1-3-10-4-2-8-16-14(10)12/h1-9H. The Morgan fingerprint density at radius 1 is 0.944 bits per heavy atom. The molecule has 88 valence electrons. The zero-order valence-corrected chi connectivity index (χ0v) is 10.1. The summed E-state index contributed by atoms with van der Waals surface area (Å²) in [7, 11) is 0. The first-order valence-electron chi connectivity index (χ1n) is 5.46. The molecule has 18 heavy (non-hydrogen) atoms. The Balaban J connectivity index is 2.02. The van der Waals surface area contributed by atoms with Crippen LogP contribution in [0.25, 0.3) is 10.9 Å². The Labute approximate surface area is 109 Å². The molecule has 3 nitrogen and oxygen atoms in total. The SMILES string of the molecule is Clc1ccc(Oc2cccc3cccnc23)nc1. The van der Waals surface area contributed by atoms with Crippen LogP contribution >= 0.6 is 11.6 Å². The van der Waals surface area contributed by atoms with E-state index in [9.17, 15) is 0 Å². The fraction of sp³-hybridized carbons (Fsp3) is 0. The third kappa shape index (κ3) is 2.13. The first-order chi connectivity index (χ1) is 8.83. The highest BCUT2D eigenvalue weighted by molar-refractivity contribution is 6.30.